The number of pyridine rings is 1. The summed E-state index contributed by atoms with van der Waals surface area (Å²) in [7, 11) is 0. The van der Waals surface area contributed by atoms with Crippen LogP contribution in [0.1, 0.15) is 11.3 Å². The lowest BCUT2D eigenvalue weighted by Crippen LogP contribution is -2.51. The minimum Gasteiger partial charge on any atom is -0.367 e. The number of alkyl halides is 3. The molecule has 1 N–H and O–H groups in total. The molecule has 2 amide bonds. The molecule has 3 rings (SSSR count). The van der Waals surface area contributed by atoms with Crippen LogP contribution in [0.5, 0.6) is 0 Å². The zero-order valence-electron chi connectivity index (χ0n) is 14.3. The smallest absolute Gasteiger partial charge is 0.367 e. The summed E-state index contributed by atoms with van der Waals surface area (Å²) in [6, 6.07) is 8.50. The molecule has 0 spiro atoms. The van der Waals surface area contributed by atoms with Gasteiger partial charge in [0.05, 0.1) is 28.5 Å². The normalized spacial score (nSPS) is 15.0. The van der Waals surface area contributed by atoms with Crippen molar-refractivity contribution in [2.24, 2.45) is 0 Å². The Bertz CT molecular complexity index is 793. The zero-order chi connectivity index (χ0) is 19.4. The molecule has 0 unspecified atom stereocenters. The van der Waals surface area contributed by atoms with Crippen LogP contribution in [0.3, 0.4) is 0 Å². The van der Waals surface area contributed by atoms with Crippen molar-refractivity contribution in [3.8, 4) is 0 Å². The lowest BCUT2D eigenvalue weighted by molar-refractivity contribution is -0.137. The van der Waals surface area contributed by atoms with E-state index in [1.165, 1.54) is 6.07 Å². The number of amides is 2. The van der Waals surface area contributed by atoms with Gasteiger partial charge in [-0.2, -0.15) is 13.2 Å². The standard InChI is InChI=1S/C18H18ClF3N4O/c19-15-5-4-13(18(20,21)22)11-16(15)25-7-9-26(10-8-25)17(27)24-12-14-3-1-2-6-23-14/h1-6,11H,7-10,12H2,(H,24,27). The van der Waals surface area contributed by atoms with Crippen molar-refractivity contribution >= 4 is 23.3 Å². The van der Waals surface area contributed by atoms with Crippen molar-refractivity contribution < 1.29 is 18.0 Å². The van der Waals surface area contributed by atoms with Gasteiger partial charge in [-0.25, -0.2) is 4.79 Å². The molecule has 2 aromatic rings. The molecule has 1 aromatic carbocycles. The summed E-state index contributed by atoms with van der Waals surface area (Å²) in [6.07, 6.45) is -2.77. The summed E-state index contributed by atoms with van der Waals surface area (Å²) in [4.78, 5) is 19.8. The molecule has 1 aromatic heterocycles. The number of carbonyl (C=O) groups is 1. The molecule has 1 aliphatic heterocycles. The van der Waals surface area contributed by atoms with Gasteiger partial charge < -0.3 is 15.1 Å². The summed E-state index contributed by atoms with van der Waals surface area (Å²) < 4.78 is 38.8. The van der Waals surface area contributed by atoms with Gasteiger partial charge in [0, 0.05) is 32.4 Å². The second-order valence-corrected chi connectivity index (χ2v) is 6.53. The van der Waals surface area contributed by atoms with Crippen molar-refractivity contribution in [1.29, 1.82) is 0 Å². The van der Waals surface area contributed by atoms with E-state index >= 15 is 0 Å². The van der Waals surface area contributed by atoms with E-state index in [9.17, 15) is 18.0 Å². The SMILES string of the molecule is O=C(NCc1ccccn1)N1CCN(c2cc(C(F)(F)F)ccc2Cl)CC1. The van der Waals surface area contributed by atoms with Crippen molar-refractivity contribution in [2.75, 3.05) is 31.1 Å². The summed E-state index contributed by atoms with van der Waals surface area (Å²) in [6.45, 7) is 1.90. The molecular formula is C18H18ClF3N4O. The Hall–Kier alpha value is -2.48. The molecule has 0 saturated carbocycles. The number of halogens is 4. The van der Waals surface area contributed by atoms with Crippen LogP contribution in [0.4, 0.5) is 23.7 Å². The predicted molar refractivity (Wildman–Crippen MR) is 96.7 cm³/mol. The highest BCUT2D eigenvalue weighted by Crippen LogP contribution is 2.35. The highest BCUT2D eigenvalue weighted by atomic mass is 35.5. The van der Waals surface area contributed by atoms with Crippen molar-refractivity contribution in [1.82, 2.24) is 15.2 Å². The molecule has 144 valence electrons. The summed E-state index contributed by atoms with van der Waals surface area (Å²) in [5.41, 5.74) is 0.345. The number of hydrogen-bond donors (Lipinski definition) is 1. The Kier molecular flexibility index (Phi) is 5.74. The van der Waals surface area contributed by atoms with Crippen LogP contribution in [0.2, 0.25) is 5.02 Å². The first kappa shape index (κ1) is 19.3. The number of rotatable bonds is 3. The van der Waals surface area contributed by atoms with Gasteiger partial charge in [0.25, 0.3) is 0 Å². The van der Waals surface area contributed by atoms with E-state index in [0.29, 0.717) is 38.4 Å². The van der Waals surface area contributed by atoms with Gasteiger partial charge in [0.15, 0.2) is 0 Å². The number of anilines is 1. The summed E-state index contributed by atoms with van der Waals surface area (Å²) in [5, 5.41) is 3.06. The Morgan fingerprint density at radius 3 is 2.52 bits per heavy atom. The van der Waals surface area contributed by atoms with Crippen LogP contribution in [-0.4, -0.2) is 42.1 Å². The van der Waals surface area contributed by atoms with Crippen LogP contribution in [0.25, 0.3) is 0 Å². The topological polar surface area (TPSA) is 48.5 Å². The predicted octanol–water partition coefficient (Wildman–Crippen LogP) is 3.79. The van der Waals surface area contributed by atoms with Crippen LogP contribution in [-0.2, 0) is 12.7 Å². The van der Waals surface area contributed by atoms with Crippen molar-refractivity contribution in [3.63, 3.8) is 0 Å². The van der Waals surface area contributed by atoms with Crippen molar-refractivity contribution in [2.45, 2.75) is 12.7 Å². The second kappa shape index (κ2) is 8.04. The maximum Gasteiger partial charge on any atom is 0.416 e. The van der Waals surface area contributed by atoms with E-state index in [2.05, 4.69) is 10.3 Å². The minimum atomic E-state index is -4.42. The molecule has 0 bridgehead atoms. The zero-order valence-corrected chi connectivity index (χ0v) is 15.1. The van der Waals surface area contributed by atoms with Crippen LogP contribution < -0.4 is 10.2 Å². The number of aromatic nitrogens is 1. The van der Waals surface area contributed by atoms with E-state index in [-0.39, 0.29) is 11.1 Å². The molecule has 2 heterocycles. The van der Waals surface area contributed by atoms with E-state index in [1.807, 2.05) is 12.1 Å². The van der Waals surface area contributed by atoms with Crippen LogP contribution >= 0.6 is 11.6 Å². The average molecular weight is 399 g/mol. The molecule has 27 heavy (non-hydrogen) atoms. The average Bonchev–Trinajstić information content (AvgIpc) is 2.66. The third-order valence-corrected chi connectivity index (χ3v) is 4.65. The van der Waals surface area contributed by atoms with Gasteiger partial charge in [-0.15, -0.1) is 0 Å². The molecule has 5 nitrogen and oxygen atoms in total. The van der Waals surface area contributed by atoms with E-state index in [1.54, 1.807) is 22.1 Å². The fourth-order valence-corrected chi connectivity index (χ4v) is 3.10. The molecular weight excluding hydrogens is 381 g/mol. The number of piperazine rings is 1. The lowest BCUT2D eigenvalue weighted by atomic mass is 10.1. The largest absolute Gasteiger partial charge is 0.416 e. The Balaban J connectivity index is 1.58. The molecule has 1 saturated heterocycles. The third kappa shape index (κ3) is 4.82. The summed E-state index contributed by atoms with van der Waals surface area (Å²) >= 11 is 6.09. The Morgan fingerprint density at radius 2 is 1.89 bits per heavy atom. The molecule has 1 aliphatic rings. The third-order valence-electron chi connectivity index (χ3n) is 4.33. The van der Waals surface area contributed by atoms with E-state index in [4.69, 9.17) is 11.6 Å². The van der Waals surface area contributed by atoms with Crippen molar-refractivity contribution in [3.05, 3.63) is 58.9 Å². The number of urea groups is 1. The first-order chi connectivity index (χ1) is 12.8. The first-order valence-corrected chi connectivity index (χ1v) is 8.77. The number of nitrogens with one attached hydrogen (secondary N) is 1. The molecule has 0 aliphatic carbocycles. The molecule has 0 atom stereocenters. The van der Waals surface area contributed by atoms with Gasteiger partial charge in [-0.05, 0) is 30.3 Å². The van der Waals surface area contributed by atoms with Gasteiger partial charge in [-0.3, -0.25) is 4.98 Å². The lowest BCUT2D eigenvalue weighted by Gasteiger charge is -2.36. The monoisotopic (exact) mass is 398 g/mol. The Morgan fingerprint density at radius 1 is 1.15 bits per heavy atom. The summed E-state index contributed by atoms with van der Waals surface area (Å²) in [5.74, 6) is 0. The first-order valence-electron chi connectivity index (χ1n) is 8.39. The van der Waals surface area contributed by atoms with Gasteiger partial charge in [0.2, 0.25) is 0 Å². The number of nitrogens with zero attached hydrogens (tertiary/aromatic N) is 3. The highest BCUT2D eigenvalue weighted by molar-refractivity contribution is 6.33. The molecule has 1 fully saturated rings. The number of carbonyl (C=O) groups excluding carboxylic acids is 1. The maximum absolute atomic E-state index is 12.9. The Labute approximate surface area is 159 Å². The van der Waals surface area contributed by atoms with E-state index in [0.717, 1.165) is 17.8 Å². The molecule has 0 radical (unpaired) electrons. The maximum atomic E-state index is 12.9. The number of benzene rings is 1. The van der Waals surface area contributed by atoms with Gasteiger partial charge in [0.1, 0.15) is 0 Å². The van der Waals surface area contributed by atoms with Crippen LogP contribution in [0, 0.1) is 0 Å². The molecule has 9 heteroatoms. The fraction of sp³-hybridized carbons (Fsp3) is 0.333. The van der Waals surface area contributed by atoms with Crippen LogP contribution in [0.15, 0.2) is 42.6 Å². The second-order valence-electron chi connectivity index (χ2n) is 6.12. The van der Waals surface area contributed by atoms with E-state index < -0.39 is 11.7 Å². The minimum absolute atomic E-state index is 0.226. The van der Waals surface area contributed by atoms with Gasteiger partial charge in [-0.1, -0.05) is 17.7 Å². The quantitative estimate of drug-likeness (QED) is 0.855. The fourth-order valence-electron chi connectivity index (χ4n) is 2.86. The van der Waals surface area contributed by atoms with Gasteiger partial charge >= 0.3 is 12.2 Å². The number of hydrogen-bond acceptors (Lipinski definition) is 3. The highest BCUT2D eigenvalue weighted by Gasteiger charge is 2.32.